The molecule has 0 bridgehead atoms. The molecule has 3 heterocycles. The molecular weight excluding hydrogens is 246 g/mol. The third-order valence-corrected chi connectivity index (χ3v) is 2.75. The molecule has 3 aromatic heterocycles. The largest absolute Gasteiger partial charge is 0.341 e. The van der Waals surface area contributed by atoms with Crippen LogP contribution in [0.2, 0.25) is 0 Å². The zero-order valence-corrected chi connectivity index (χ0v) is 10.1. The smallest absolute Gasteiger partial charge is 0.270 e. The monoisotopic (exact) mass is 257 g/mol. The molecule has 0 spiro atoms. The average molecular weight is 257 g/mol. The van der Waals surface area contributed by atoms with Crippen LogP contribution in [0.15, 0.2) is 30.5 Å². The van der Waals surface area contributed by atoms with Crippen molar-refractivity contribution >= 4 is 11.4 Å². The van der Waals surface area contributed by atoms with Gasteiger partial charge in [0.05, 0.1) is 17.8 Å². The average Bonchev–Trinajstić information content (AvgIpc) is 3.08. The number of amides is 1. The first-order valence-electron chi connectivity index (χ1n) is 5.72. The second-order valence-electron chi connectivity index (χ2n) is 4.04. The third-order valence-electron chi connectivity index (χ3n) is 2.75. The van der Waals surface area contributed by atoms with E-state index in [2.05, 4.69) is 31.0 Å². The van der Waals surface area contributed by atoms with Crippen LogP contribution >= 0.6 is 0 Å². The lowest BCUT2D eigenvalue weighted by Crippen LogP contribution is -2.29. The van der Waals surface area contributed by atoms with E-state index in [4.69, 9.17) is 0 Å². The van der Waals surface area contributed by atoms with Crippen LogP contribution in [0.1, 0.15) is 29.3 Å². The molecule has 1 amide bonds. The van der Waals surface area contributed by atoms with Gasteiger partial charge in [-0.05, 0) is 25.1 Å². The zero-order valence-electron chi connectivity index (χ0n) is 10.1. The van der Waals surface area contributed by atoms with Gasteiger partial charge in [0.2, 0.25) is 0 Å². The van der Waals surface area contributed by atoms with Gasteiger partial charge in [-0.15, -0.1) is 10.2 Å². The highest BCUT2D eigenvalue weighted by Gasteiger charge is 2.16. The van der Waals surface area contributed by atoms with Crippen molar-refractivity contribution in [1.29, 1.82) is 0 Å². The predicted molar refractivity (Wildman–Crippen MR) is 65.3 cm³/mol. The second-order valence-corrected chi connectivity index (χ2v) is 4.04. The number of tetrazole rings is 1. The standard InChI is InChI=1S/C11H11N7O/c1-7(10-14-16-17-15-10)13-11(19)9-4-2-3-8-5-6-12-18(8)9/h2-7H,1H3,(H,13,19)(H,14,15,16,17)/t7-/m1/s1. The number of aromatic nitrogens is 6. The lowest BCUT2D eigenvalue weighted by Gasteiger charge is -2.10. The minimum absolute atomic E-state index is 0.244. The number of rotatable bonds is 3. The number of nitrogens with zero attached hydrogens (tertiary/aromatic N) is 5. The lowest BCUT2D eigenvalue weighted by molar-refractivity contribution is 0.0931. The molecule has 96 valence electrons. The molecule has 8 nitrogen and oxygen atoms in total. The highest BCUT2D eigenvalue weighted by Crippen LogP contribution is 2.09. The first kappa shape index (κ1) is 11.3. The van der Waals surface area contributed by atoms with Crippen molar-refractivity contribution < 1.29 is 4.79 Å². The van der Waals surface area contributed by atoms with Gasteiger partial charge in [-0.3, -0.25) is 4.79 Å². The molecule has 0 aliphatic heterocycles. The van der Waals surface area contributed by atoms with Crippen molar-refractivity contribution in [1.82, 2.24) is 35.6 Å². The number of nitrogens with one attached hydrogen (secondary N) is 2. The van der Waals surface area contributed by atoms with Crippen LogP contribution in [-0.2, 0) is 0 Å². The number of carbonyl (C=O) groups is 1. The molecule has 0 aliphatic rings. The first-order chi connectivity index (χ1) is 9.25. The van der Waals surface area contributed by atoms with Crippen LogP contribution in [-0.4, -0.2) is 36.1 Å². The fourth-order valence-electron chi connectivity index (χ4n) is 1.81. The van der Waals surface area contributed by atoms with Crippen LogP contribution in [0.25, 0.3) is 5.52 Å². The fraction of sp³-hybridized carbons (Fsp3) is 0.182. The predicted octanol–water partition coefficient (Wildman–Crippen LogP) is 0.338. The summed E-state index contributed by atoms with van der Waals surface area (Å²) in [7, 11) is 0. The van der Waals surface area contributed by atoms with Crippen molar-refractivity contribution in [3.63, 3.8) is 0 Å². The van der Waals surface area contributed by atoms with Crippen LogP contribution in [0.5, 0.6) is 0 Å². The van der Waals surface area contributed by atoms with Gasteiger partial charge in [0.1, 0.15) is 5.69 Å². The molecule has 19 heavy (non-hydrogen) atoms. The van der Waals surface area contributed by atoms with E-state index in [9.17, 15) is 4.79 Å². The van der Waals surface area contributed by atoms with Crippen molar-refractivity contribution in [2.24, 2.45) is 0 Å². The van der Waals surface area contributed by atoms with Crippen molar-refractivity contribution in [2.45, 2.75) is 13.0 Å². The van der Waals surface area contributed by atoms with E-state index in [1.165, 1.54) is 0 Å². The third kappa shape index (κ3) is 2.03. The molecule has 0 radical (unpaired) electrons. The van der Waals surface area contributed by atoms with Crippen molar-refractivity contribution in [3.8, 4) is 0 Å². The Morgan fingerprint density at radius 1 is 1.42 bits per heavy atom. The Hall–Kier alpha value is -2.77. The number of hydrogen-bond donors (Lipinski definition) is 2. The minimum atomic E-state index is -0.336. The van der Waals surface area contributed by atoms with Gasteiger partial charge in [0.25, 0.3) is 5.91 Å². The number of aromatic amines is 1. The van der Waals surface area contributed by atoms with Crippen molar-refractivity contribution in [3.05, 3.63) is 42.0 Å². The quantitative estimate of drug-likeness (QED) is 0.704. The number of pyridine rings is 1. The van der Waals surface area contributed by atoms with Gasteiger partial charge in [-0.2, -0.15) is 10.3 Å². The molecule has 1 atom stereocenters. The summed E-state index contributed by atoms with van der Waals surface area (Å²) in [6.45, 7) is 1.78. The molecule has 0 aliphatic carbocycles. The Morgan fingerprint density at radius 2 is 2.32 bits per heavy atom. The highest BCUT2D eigenvalue weighted by atomic mass is 16.2. The highest BCUT2D eigenvalue weighted by molar-refractivity contribution is 5.93. The minimum Gasteiger partial charge on any atom is -0.341 e. The molecule has 0 aromatic carbocycles. The molecule has 0 unspecified atom stereocenters. The van der Waals surface area contributed by atoms with E-state index < -0.39 is 0 Å². The Balaban J connectivity index is 1.86. The van der Waals surface area contributed by atoms with E-state index in [1.54, 1.807) is 23.7 Å². The molecule has 3 rings (SSSR count). The molecule has 2 N–H and O–H groups in total. The van der Waals surface area contributed by atoms with Gasteiger partial charge in [-0.25, -0.2) is 4.52 Å². The Kier molecular flexibility index (Phi) is 2.67. The summed E-state index contributed by atoms with van der Waals surface area (Å²) in [6, 6.07) is 6.90. The van der Waals surface area contributed by atoms with Gasteiger partial charge in [0.15, 0.2) is 5.82 Å². The van der Waals surface area contributed by atoms with E-state index in [1.807, 2.05) is 18.2 Å². The van der Waals surface area contributed by atoms with Gasteiger partial charge < -0.3 is 5.32 Å². The van der Waals surface area contributed by atoms with Crippen LogP contribution in [0, 0.1) is 0 Å². The maximum Gasteiger partial charge on any atom is 0.270 e. The van der Waals surface area contributed by atoms with Crippen LogP contribution < -0.4 is 5.32 Å². The van der Waals surface area contributed by atoms with E-state index in [0.29, 0.717) is 11.5 Å². The summed E-state index contributed by atoms with van der Waals surface area (Å²) < 4.78 is 1.58. The number of hydrogen-bond acceptors (Lipinski definition) is 5. The number of carbonyl (C=O) groups excluding carboxylic acids is 1. The van der Waals surface area contributed by atoms with Gasteiger partial charge in [-0.1, -0.05) is 11.3 Å². The van der Waals surface area contributed by atoms with Crippen LogP contribution in [0.3, 0.4) is 0 Å². The second kappa shape index (κ2) is 4.48. The van der Waals surface area contributed by atoms with Crippen LogP contribution in [0.4, 0.5) is 0 Å². The molecule has 8 heteroatoms. The maximum atomic E-state index is 12.2. The summed E-state index contributed by atoms with van der Waals surface area (Å²) in [5.74, 6) is 0.188. The van der Waals surface area contributed by atoms with E-state index in [0.717, 1.165) is 5.52 Å². The SMILES string of the molecule is C[C@@H](NC(=O)c1cccc2ccnn12)c1nn[nH]n1. The van der Waals surface area contributed by atoms with Gasteiger partial charge >= 0.3 is 0 Å². The summed E-state index contributed by atoms with van der Waals surface area (Å²) in [4.78, 5) is 12.2. The fourth-order valence-corrected chi connectivity index (χ4v) is 1.81. The number of H-pyrrole nitrogens is 1. The first-order valence-corrected chi connectivity index (χ1v) is 5.72. The number of fused-ring (bicyclic) bond motifs is 1. The van der Waals surface area contributed by atoms with E-state index in [-0.39, 0.29) is 11.9 Å². The topological polar surface area (TPSA) is 101 Å². The Morgan fingerprint density at radius 3 is 3.11 bits per heavy atom. The maximum absolute atomic E-state index is 12.2. The summed E-state index contributed by atoms with van der Waals surface area (Å²) in [6.07, 6.45) is 1.65. The van der Waals surface area contributed by atoms with Crippen molar-refractivity contribution in [2.75, 3.05) is 0 Å². The lowest BCUT2D eigenvalue weighted by atomic mass is 10.2. The van der Waals surface area contributed by atoms with Gasteiger partial charge in [0, 0.05) is 0 Å². The molecule has 3 aromatic rings. The molecule has 0 fully saturated rings. The Labute approximate surface area is 107 Å². The molecule has 0 saturated heterocycles. The zero-order chi connectivity index (χ0) is 13.2. The Bertz CT molecular complexity index is 703. The summed E-state index contributed by atoms with van der Waals surface area (Å²) in [5.41, 5.74) is 1.32. The normalized spacial score (nSPS) is 12.5. The summed E-state index contributed by atoms with van der Waals surface area (Å²) in [5, 5.41) is 20.4. The van der Waals surface area contributed by atoms with E-state index >= 15 is 0 Å². The molecular formula is C11H11N7O. The molecule has 0 saturated carbocycles. The summed E-state index contributed by atoms with van der Waals surface area (Å²) >= 11 is 0.